The van der Waals surface area contributed by atoms with Gasteiger partial charge in [-0.1, -0.05) is 30.3 Å². The average Bonchev–Trinajstić information content (AvgIpc) is 2.61. The number of nitrogens with zero attached hydrogens (tertiary/aromatic N) is 1. The van der Waals surface area contributed by atoms with Crippen LogP contribution in [0.15, 0.2) is 47.4 Å². The zero-order chi connectivity index (χ0) is 17.5. The monoisotopic (exact) mass is 346 g/mol. The Balaban J connectivity index is 2.16. The highest BCUT2D eigenvalue weighted by atomic mass is 32.2. The van der Waals surface area contributed by atoms with Gasteiger partial charge >= 0.3 is 0 Å². The lowest BCUT2D eigenvalue weighted by Gasteiger charge is -2.10. The number of ether oxygens (including phenoxy) is 1. The molecule has 0 spiro atoms. The fraction of sp³-hybridized carbons (Fsp3) is 0.235. The van der Waals surface area contributed by atoms with Gasteiger partial charge in [0.15, 0.2) is 0 Å². The smallest absolute Gasteiger partial charge is 0.285 e. The van der Waals surface area contributed by atoms with Crippen molar-refractivity contribution in [3.63, 3.8) is 0 Å². The lowest BCUT2D eigenvalue weighted by molar-refractivity contribution is -0.385. The lowest BCUT2D eigenvalue weighted by Crippen LogP contribution is -2.26. The van der Waals surface area contributed by atoms with Gasteiger partial charge in [0, 0.05) is 6.54 Å². The Morgan fingerprint density at radius 3 is 2.58 bits per heavy atom. The number of methoxy groups -OCH3 is 1. The number of nitro groups is 1. The minimum absolute atomic E-state index is 0.0400. The first kappa shape index (κ1) is 17.8. The predicted octanol–water partition coefficient (Wildman–Crippen LogP) is 3.30. The first-order chi connectivity index (χ1) is 11.6. The highest BCUT2D eigenvalue weighted by molar-refractivity contribution is 7.98. The average molecular weight is 346 g/mol. The summed E-state index contributed by atoms with van der Waals surface area (Å²) in [7, 11) is 1.44. The van der Waals surface area contributed by atoms with Gasteiger partial charge in [-0.05, 0) is 24.3 Å². The molecule has 0 aromatic heterocycles. The van der Waals surface area contributed by atoms with Crippen molar-refractivity contribution in [2.45, 2.75) is 11.3 Å². The van der Waals surface area contributed by atoms with Crippen molar-refractivity contribution in [3.05, 3.63) is 63.7 Å². The van der Waals surface area contributed by atoms with Gasteiger partial charge < -0.3 is 10.1 Å². The van der Waals surface area contributed by atoms with Crippen LogP contribution in [0.5, 0.6) is 5.75 Å². The molecule has 0 bridgehead atoms. The summed E-state index contributed by atoms with van der Waals surface area (Å²) in [5.74, 6) is -0.0781. The van der Waals surface area contributed by atoms with Gasteiger partial charge in [-0.25, -0.2) is 0 Å². The van der Waals surface area contributed by atoms with Crippen molar-refractivity contribution in [3.8, 4) is 5.75 Å². The number of carbonyl (C=O) groups is 1. The molecule has 0 atom stereocenters. The Bertz CT molecular complexity index is 735. The van der Waals surface area contributed by atoms with Gasteiger partial charge in [-0.2, -0.15) is 0 Å². The molecule has 0 heterocycles. The minimum atomic E-state index is -0.571. The zero-order valence-corrected chi connectivity index (χ0v) is 14.3. The Labute approximate surface area is 144 Å². The maximum atomic E-state index is 12.4. The molecule has 2 rings (SSSR count). The van der Waals surface area contributed by atoms with Crippen LogP contribution in [0, 0.1) is 10.1 Å². The molecule has 0 aliphatic rings. The molecule has 6 nitrogen and oxygen atoms in total. The van der Waals surface area contributed by atoms with Crippen LogP contribution in [-0.4, -0.2) is 30.7 Å². The lowest BCUT2D eigenvalue weighted by atomic mass is 10.1. The Kier molecular flexibility index (Phi) is 6.20. The topological polar surface area (TPSA) is 81.5 Å². The molecule has 0 saturated carbocycles. The van der Waals surface area contributed by atoms with Gasteiger partial charge in [0.05, 0.1) is 23.0 Å². The third-order valence-corrected chi connectivity index (χ3v) is 4.24. The van der Waals surface area contributed by atoms with E-state index in [9.17, 15) is 14.9 Å². The summed E-state index contributed by atoms with van der Waals surface area (Å²) >= 11 is 1.37. The second-order valence-electron chi connectivity index (χ2n) is 4.97. The third-order valence-electron chi connectivity index (χ3n) is 3.49. The second kappa shape index (κ2) is 8.35. The van der Waals surface area contributed by atoms with E-state index in [0.29, 0.717) is 23.6 Å². The highest BCUT2D eigenvalue weighted by Gasteiger charge is 2.23. The van der Waals surface area contributed by atoms with Crippen molar-refractivity contribution in [1.29, 1.82) is 0 Å². The largest absolute Gasteiger partial charge is 0.495 e. The molecule has 0 aliphatic heterocycles. The maximum Gasteiger partial charge on any atom is 0.285 e. The van der Waals surface area contributed by atoms with Crippen LogP contribution in [0.2, 0.25) is 0 Å². The number of nitro benzene ring substituents is 1. The number of nitrogens with one attached hydrogen (secondary N) is 1. The number of hydrogen-bond acceptors (Lipinski definition) is 5. The predicted molar refractivity (Wildman–Crippen MR) is 93.9 cm³/mol. The molecule has 7 heteroatoms. The number of benzene rings is 2. The standard InChI is InChI=1S/C17H18N2O4S/c1-23-15-11-14(19(21)22)13(10-16(15)24-2)17(20)18-9-8-12-6-4-3-5-7-12/h3-7,10-11H,8-9H2,1-2H3,(H,18,20). The van der Waals surface area contributed by atoms with E-state index in [2.05, 4.69) is 5.32 Å². The summed E-state index contributed by atoms with van der Waals surface area (Å²) in [5, 5.41) is 14.0. The molecule has 0 saturated heterocycles. The quantitative estimate of drug-likeness (QED) is 0.472. The van der Waals surface area contributed by atoms with Crippen molar-refractivity contribution in [2.75, 3.05) is 19.9 Å². The van der Waals surface area contributed by atoms with E-state index in [-0.39, 0.29) is 11.3 Å². The number of rotatable bonds is 7. The summed E-state index contributed by atoms with van der Waals surface area (Å²) in [5.41, 5.74) is 0.868. The molecule has 0 aliphatic carbocycles. The summed E-state index contributed by atoms with van der Waals surface area (Å²) in [6.07, 6.45) is 2.48. The third kappa shape index (κ3) is 4.26. The van der Waals surface area contributed by atoms with Crippen LogP contribution in [0.25, 0.3) is 0 Å². The van der Waals surface area contributed by atoms with E-state index in [4.69, 9.17) is 4.74 Å². The Morgan fingerprint density at radius 2 is 2.00 bits per heavy atom. The molecule has 0 fully saturated rings. The van der Waals surface area contributed by atoms with Crippen molar-refractivity contribution >= 4 is 23.4 Å². The normalized spacial score (nSPS) is 10.2. The number of amides is 1. The molecule has 1 amide bonds. The van der Waals surface area contributed by atoms with Crippen LogP contribution in [0.3, 0.4) is 0 Å². The fourth-order valence-corrected chi connectivity index (χ4v) is 2.84. The molecule has 24 heavy (non-hydrogen) atoms. The summed E-state index contributed by atoms with van der Waals surface area (Å²) in [6, 6.07) is 12.5. The van der Waals surface area contributed by atoms with Gasteiger partial charge in [0.25, 0.3) is 11.6 Å². The summed E-state index contributed by atoms with van der Waals surface area (Å²) in [4.78, 5) is 23.7. The van der Waals surface area contributed by atoms with E-state index in [1.54, 1.807) is 0 Å². The molecule has 2 aromatic rings. The maximum absolute atomic E-state index is 12.4. The van der Waals surface area contributed by atoms with Crippen LogP contribution < -0.4 is 10.1 Å². The molecule has 0 unspecified atom stereocenters. The SMILES string of the molecule is COc1cc([N+](=O)[O-])c(C(=O)NCCc2ccccc2)cc1SC. The van der Waals surface area contributed by atoms with Gasteiger partial charge in [0.1, 0.15) is 11.3 Å². The van der Waals surface area contributed by atoms with Crippen molar-refractivity contribution in [1.82, 2.24) is 5.32 Å². The fourth-order valence-electron chi connectivity index (χ4n) is 2.26. The molecular weight excluding hydrogens is 328 g/mol. The van der Waals surface area contributed by atoms with Crippen LogP contribution >= 0.6 is 11.8 Å². The Morgan fingerprint density at radius 1 is 1.29 bits per heavy atom. The second-order valence-corrected chi connectivity index (χ2v) is 5.82. The molecule has 126 valence electrons. The van der Waals surface area contributed by atoms with Gasteiger partial charge in [-0.15, -0.1) is 11.8 Å². The number of hydrogen-bond donors (Lipinski definition) is 1. The molecule has 2 aromatic carbocycles. The first-order valence-electron chi connectivity index (χ1n) is 7.29. The van der Waals surface area contributed by atoms with E-state index in [1.807, 2.05) is 36.6 Å². The molecule has 1 N–H and O–H groups in total. The van der Waals surface area contributed by atoms with Gasteiger partial charge in [0.2, 0.25) is 0 Å². The minimum Gasteiger partial charge on any atom is -0.495 e. The van der Waals surface area contributed by atoms with Crippen LogP contribution in [0.1, 0.15) is 15.9 Å². The highest BCUT2D eigenvalue weighted by Crippen LogP contribution is 2.34. The van der Waals surface area contributed by atoms with E-state index >= 15 is 0 Å². The van der Waals surface area contributed by atoms with Gasteiger partial charge in [-0.3, -0.25) is 14.9 Å². The summed E-state index contributed by atoms with van der Waals surface area (Å²) < 4.78 is 5.14. The Hall–Kier alpha value is -2.54. The van der Waals surface area contributed by atoms with Crippen LogP contribution in [0.4, 0.5) is 5.69 Å². The van der Waals surface area contributed by atoms with E-state index in [0.717, 1.165) is 5.56 Å². The van der Waals surface area contributed by atoms with E-state index in [1.165, 1.54) is 31.0 Å². The molecule has 0 radical (unpaired) electrons. The molecular formula is C17H18N2O4S. The van der Waals surface area contributed by atoms with E-state index < -0.39 is 10.8 Å². The summed E-state index contributed by atoms with van der Waals surface area (Å²) in [6.45, 7) is 0.403. The van der Waals surface area contributed by atoms with Crippen LogP contribution in [-0.2, 0) is 6.42 Å². The number of carbonyl (C=O) groups excluding carboxylic acids is 1. The zero-order valence-electron chi connectivity index (χ0n) is 13.4. The van der Waals surface area contributed by atoms with Crippen molar-refractivity contribution < 1.29 is 14.5 Å². The number of thioether (sulfide) groups is 1. The van der Waals surface area contributed by atoms with Crippen molar-refractivity contribution in [2.24, 2.45) is 0 Å². The first-order valence-corrected chi connectivity index (χ1v) is 8.51.